The first kappa shape index (κ1) is 35.2. The van der Waals surface area contributed by atoms with E-state index in [-0.39, 0.29) is 35.7 Å². The molecule has 1 atom stereocenters. The Morgan fingerprint density at radius 1 is 0.792 bits per heavy atom. The Labute approximate surface area is 290 Å². The largest absolute Gasteiger partial charge is 0.352 e. The van der Waals surface area contributed by atoms with E-state index in [4.69, 9.17) is 11.6 Å². The molecule has 1 saturated carbocycles. The molecule has 48 heavy (non-hydrogen) atoms. The molecule has 1 aliphatic carbocycles. The number of benzene rings is 4. The SMILES string of the molecule is CC(C)c1ccc(N(CC(=O)N(Cc2ccc(Cl)cc2)[C@H](Cc2ccccc2)C(=O)NC2CCCCC2)S(=O)(=O)c2ccccc2)cc1. The van der Waals surface area contributed by atoms with E-state index in [1.807, 2.05) is 54.6 Å². The highest BCUT2D eigenvalue weighted by molar-refractivity contribution is 7.92. The van der Waals surface area contributed by atoms with Crippen molar-refractivity contribution in [3.05, 3.63) is 131 Å². The normalized spacial score (nSPS) is 14.3. The molecule has 0 bridgehead atoms. The van der Waals surface area contributed by atoms with Crippen molar-refractivity contribution < 1.29 is 18.0 Å². The zero-order valence-corrected chi connectivity index (χ0v) is 29.2. The lowest BCUT2D eigenvalue weighted by molar-refractivity contribution is -0.140. The average Bonchev–Trinajstić information content (AvgIpc) is 3.10. The molecule has 2 amide bonds. The van der Waals surface area contributed by atoms with Gasteiger partial charge in [-0.25, -0.2) is 8.42 Å². The lowest BCUT2D eigenvalue weighted by Crippen LogP contribution is -2.55. The van der Waals surface area contributed by atoms with Gasteiger partial charge in [0.1, 0.15) is 12.6 Å². The van der Waals surface area contributed by atoms with E-state index in [0.29, 0.717) is 10.7 Å². The number of hydrogen-bond donors (Lipinski definition) is 1. The van der Waals surface area contributed by atoms with Crippen LogP contribution in [-0.4, -0.2) is 43.8 Å². The summed E-state index contributed by atoms with van der Waals surface area (Å²) in [5, 5.41) is 3.79. The Morgan fingerprint density at radius 2 is 1.40 bits per heavy atom. The molecule has 0 saturated heterocycles. The van der Waals surface area contributed by atoms with Gasteiger partial charge in [-0.2, -0.15) is 0 Å². The maximum absolute atomic E-state index is 14.7. The average molecular weight is 686 g/mol. The van der Waals surface area contributed by atoms with Gasteiger partial charge < -0.3 is 10.2 Å². The number of carbonyl (C=O) groups excluding carboxylic acids is 2. The molecule has 5 rings (SSSR count). The van der Waals surface area contributed by atoms with Gasteiger partial charge in [-0.3, -0.25) is 13.9 Å². The standard InChI is InChI=1S/C39H44ClN3O4S/c1-29(2)32-20-24-35(25-21-32)43(48(46,47)36-16-10-5-11-17-36)28-38(44)42(27-31-18-22-33(40)23-19-31)37(26-30-12-6-3-7-13-30)39(45)41-34-14-8-4-9-15-34/h3,5-7,10-13,16-25,29,34,37H,4,8-9,14-15,26-28H2,1-2H3,(H,41,45)/t37-/m1/s1. The van der Waals surface area contributed by atoms with E-state index in [2.05, 4.69) is 19.2 Å². The molecule has 0 aliphatic heterocycles. The molecule has 0 spiro atoms. The zero-order chi connectivity index (χ0) is 34.1. The molecule has 0 unspecified atom stereocenters. The van der Waals surface area contributed by atoms with Crippen LogP contribution in [0.1, 0.15) is 68.6 Å². The number of halogens is 1. The van der Waals surface area contributed by atoms with Crippen molar-refractivity contribution in [2.24, 2.45) is 0 Å². The lowest BCUT2D eigenvalue weighted by atomic mass is 9.94. The molecule has 9 heteroatoms. The molecule has 0 heterocycles. The predicted octanol–water partition coefficient (Wildman–Crippen LogP) is 7.75. The fourth-order valence-electron chi connectivity index (χ4n) is 6.16. The Bertz CT molecular complexity index is 1740. The Morgan fingerprint density at radius 3 is 2.00 bits per heavy atom. The predicted molar refractivity (Wildman–Crippen MR) is 192 cm³/mol. The molecular weight excluding hydrogens is 642 g/mol. The summed E-state index contributed by atoms with van der Waals surface area (Å²) in [6.07, 6.45) is 5.29. The van der Waals surface area contributed by atoms with Crippen LogP contribution < -0.4 is 9.62 Å². The first-order chi connectivity index (χ1) is 23.1. The summed E-state index contributed by atoms with van der Waals surface area (Å²) in [5.74, 6) is -0.486. The summed E-state index contributed by atoms with van der Waals surface area (Å²) in [6, 6.07) is 31.3. The van der Waals surface area contributed by atoms with E-state index in [9.17, 15) is 18.0 Å². The maximum atomic E-state index is 14.7. The summed E-state index contributed by atoms with van der Waals surface area (Å²) >= 11 is 6.20. The third-order valence-electron chi connectivity index (χ3n) is 8.95. The van der Waals surface area contributed by atoms with Crippen molar-refractivity contribution in [1.29, 1.82) is 0 Å². The van der Waals surface area contributed by atoms with Crippen LogP contribution in [0.2, 0.25) is 5.02 Å². The van der Waals surface area contributed by atoms with E-state index < -0.39 is 28.5 Å². The van der Waals surface area contributed by atoms with Gasteiger partial charge in [-0.1, -0.05) is 118 Å². The molecule has 252 valence electrons. The van der Waals surface area contributed by atoms with Crippen LogP contribution in [0.15, 0.2) is 114 Å². The molecule has 0 radical (unpaired) electrons. The van der Waals surface area contributed by atoms with E-state index in [1.165, 1.54) is 17.0 Å². The molecule has 4 aromatic rings. The van der Waals surface area contributed by atoms with Gasteiger partial charge in [0.05, 0.1) is 10.6 Å². The Kier molecular flexibility index (Phi) is 12.0. The van der Waals surface area contributed by atoms with Gasteiger partial charge in [0.25, 0.3) is 10.0 Å². The molecular formula is C39H44ClN3O4S. The van der Waals surface area contributed by atoms with E-state index >= 15 is 0 Å². The van der Waals surface area contributed by atoms with Gasteiger partial charge in [-0.05, 0) is 71.8 Å². The van der Waals surface area contributed by atoms with Crippen LogP contribution in [0.5, 0.6) is 0 Å². The second-order valence-corrected chi connectivity index (χ2v) is 15.1. The van der Waals surface area contributed by atoms with Gasteiger partial charge in [0.15, 0.2) is 0 Å². The second kappa shape index (κ2) is 16.3. The monoisotopic (exact) mass is 685 g/mol. The minimum atomic E-state index is -4.15. The van der Waals surface area contributed by atoms with Crippen molar-refractivity contribution >= 4 is 39.1 Å². The molecule has 4 aromatic carbocycles. The molecule has 1 N–H and O–H groups in total. The van der Waals surface area contributed by atoms with Crippen molar-refractivity contribution in [2.45, 2.75) is 81.8 Å². The molecule has 7 nitrogen and oxygen atoms in total. The lowest BCUT2D eigenvalue weighted by Gasteiger charge is -2.35. The quantitative estimate of drug-likeness (QED) is 0.156. The van der Waals surface area contributed by atoms with E-state index in [1.54, 1.807) is 42.5 Å². The van der Waals surface area contributed by atoms with Gasteiger partial charge in [-0.15, -0.1) is 0 Å². The summed E-state index contributed by atoms with van der Waals surface area (Å²) in [5.41, 5.74) is 3.09. The first-order valence-electron chi connectivity index (χ1n) is 16.7. The third-order valence-corrected chi connectivity index (χ3v) is 11.0. The first-order valence-corrected chi connectivity index (χ1v) is 18.5. The fourth-order valence-corrected chi connectivity index (χ4v) is 7.72. The van der Waals surface area contributed by atoms with E-state index in [0.717, 1.165) is 53.1 Å². The summed E-state index contributed by atoms with van der Waals surface area (Å²) in [4.78, 5) is 30.5. The Balaban J connectivity index is 1.56. The number of hydrogen-bond acceptors (Lipinski definition) is 4. The van der Waals surface area contributed by atoms with Crippen LogP contribution >= 0.6 is 11.6 Å². The number of sulfonamides is 1. The number of amides is 2. The summed E-state index contributed by atoms with van der Waals surface area (Å²) in [7, 11) is -4.15. The molecule has 1 fully saturated rings. The number of nitrogens with zero attached hydrogens (tertiary/aromatic N) is 2. The van der Waals surface area contributed by atoms with Gasteiger partial charge in [0.2, 0.25) is 11.8 Å². The summed E-state index contributed by atoms with van der Waals surface area (Å²) < 4.78 is 29.6. The highest BCUT2D eigenvalue weighted by Gasteiger charge is 2.35. The fraction of sp³-hybridized carbons (Fsp3) is 0.333. The second-order valence-electron chi connectivity index (χ2n) is 12.8. The van der Waals surface area contributed by atoms with Crippen molar-refractivity contribution in [3.8, 4) is 0 Å². The van der Waals surface area contributed by atoms with Crippen LogP contribution in [0.3, 0.4) is 0 Å². The van der Waals surface area contributed by atoms with Crippen LogP contribution in [-0.2, 0) is 32.6 Å². The molecule has 1 aliphatic rings. The highest BCUT2D eigenvalue weighted by atomic mass is 35.5. The van der Waals surface area contributed by atoms with Crippen molar-refractivity contribution in [2.75, 3.05) is 10.8 Å². The number of rotatable bonds is 13. The van der Waals surface area contributed by atoms with Crippen molar-refractivity contribution in [1.82, 2.24) is 10.2 Å². The number of carbonyl (C=O) groups is 2. The van der Waals surface area contributed by atoms with Gasteiger partial charge in [0, 0.05) is 24.0 Å². The number of anilines is 1. The third kappa shape index (κ3) is 9.05. The summed E-state index contributed by atoms with van der Waals surface area (Å²) in [6.45, 7) is 3.73. The van der Waals surface area contributed by atoms with Crippen LogP contribution in [0, 0.1) is 0 Å². The smallest absolute Gasteiger partial charge is 0.264 e. The van der Waals surface area contributed by atoms with Crippen LogP contribution in [0.25, 0.3) is 0 Å². The minimum absolute atomic E-state index is 0.0337. The molecule has 0 aromatic heterocycles. The number of nitrogens with one attached hydrogen (secondary N) is 1. The Hall–Kier alpha value is -4.14. The maximum Gasteiger partial charge on any atom is 0.264 e. The zero-order valence-electron chi connectivity index (χ0n) is 27.6. The highest BCUT2D eigenvalue weighted by Crippen LogP contribution is 2.27. The van der Waals surface area contributed by atoms with Crippen LogP contribution in [0.4, 0.5) is 5.69 Å². The van der Waals surface area contributed by atoms with Crippen molar-refractivity contribution in [3.63, 3.8) is 0 Å². The van der Waals surface area contributed by atoms with Gasteiger partial charge >= 0.3 is 0 Å². The topological polar surface area (TPSA) is 86.8 Å². The minimum Gasteiger partial charge on any atom is -0.352 e.